The SMILES string of the molecule is CC(N)Cc1ccc(/C=C/C=C/C=C/c2ccc(CC(C)N)cc2)cc1. The predicted molar refractivity (Wildman–Crippen MR) is 115 cm³/mol. The zero-order valence-electron chi connectivity index (χ0n) is 15.8. The molecule has 0 saturated carbocycles. The van der Waals surface area contributed by atoms with Gasteiger partial charge in [-0.25, -0.2) is 0 Å². The molecule has 2 atom stereocenters. The molecule has 26 heavy (non-hydrogen) atoms. The van der Waals surface area contributed by atoms with E-state index in [2.05, 4.69) is 72.8 Å². The summed E-state index contributed by atoms with van der Waals surface area (Å²) in [7, 11) is 0. The molecule has 0 aliphatic heterocycles. The lowest BCUT2D eigenvalue weighted by atomic mass is 10.1. The summed E-state index contributed by atoms with van der Waals surface area (Å²) in [5.41, 5.74) is 16.6. The molecule has 0 spiro atoms. The largest absolute Gasteiger partial charge is 0.328 e. The summed E-state index contributed by atoms with van der Waals surface area (Å²) in [5, 5.41) is 0. The van der Waals surface area contributed by atoms with Crippen LogP contribution in [-0.4, -0.2) is 12.1 Å². The van der Waals surface area contributed by atoms with Crippen LogP contribution in [0, 0.1) is 0 Å². The third-order valence-electron chi connectivity index (χ3n) is 3.99. The van der Waals surface area contributed by atoms with E-state index in [1.165, 1.54) is 22.3 Å². The van der Waals surface area contributed by atoms with Crippen LogP contribution in [-0.2, 0) is 12.8 Å². The van der Waals surface area contributed by atoms with Gasteiger partial charge in [0.05, 0.1) is 0 Å². The molecule has 2 aromatic carbocycles. The minimum atomic E-state index is 0.200. The summed E-state index contributed by atoms with van der Waals surface area (Å²) in [6, 6.07) is 17.5. The van der Waals surface area contributed by atoms with Gasteiger partial charge in [0.2, 0.25) is 0 Å². The fourth-order valence-corrected chi connectivity index (χ4v) is 2.73. The molecule has 0 aliphatic rings. The first kappa shape index (κ1) is 19.9. The highest BCUT2D eigenvalue weighted by Gasteiger charge is 1.97. The number of allylic oxidation sites excluding steroid dienone is 4. The number of hydrogen-bond acceptors (Lipinski definition) is 2. The van der Waals surface area contributed by atoms with Gasteiger partial charge in [-0.15, -0.1) is 0 Å². The number of nitrogens with two attached hydrogens (primary N) is 2. The van der Waals surface area contributed by atoms with Crippen molar-refractivity contribution in [3.8, 4) is 0 Å². The Balaban J connectivity index is 1.82. The van der Waals surface area contributed by atoms with Crippen molar-refractivity contribution in [2.75, 3.05) is 0 Å². The number of hydrogen-bond donors (Lipinski definition) is 2. The first-order chi connectivity index (χ1) is 12.5. The molecular weight excluding hydrogens is 316 g/mol. The Labute approximate surface area is 157 Å². The molecule has 2 aromatic rings. The van der Waals surface area contributed by atoms with E-state index in [-0.39, 0.29) is 12.1 Å². The van der Waals surface area contributed by atoms with Crippen LogP contribution in [0.3, 0.4) is 0 Å². The van der Waals surface area contributed by atoms with Gasteiger partial charge in [0.1, 0.15) is 0 Å². The molecule has 0 fully saturated rings. The minimum absolute atomic E-state index is 0.200. The van der Waals surface area contributed by atoms with Crippen LogP contribution in [0.5, 0.6) is 0 Å². The average molecular weight is 347 g/mol. The van der Waals surface area contributed by atoms with Crippen molar-refractivity contribution in [1.29, 1.82) is 0 Å². The van der Waals surface area contributed by atoms with Gasteiger partial charge >= 0.3 is 0 Å². The average Bonchev–Trinajstić information content (AvgIpc) is 2.60. The molecular formula is C24H30N2. The highest BCUT2D eigenvalue weighted by Crippen LogP contribution is 2.09. The molecule has 2 unspecified atom stereocenters. The van der Waals surface area contributed by atoms with Crippen LogP contribution in [0.1, 0.15) is 36.1 Å². The van der Waals surface area contributed by atoms with Crippen molar-refractivity contribution < 1.29 is 0 Å². The smallest absolute Gasteiger partial charge is 0.00509 e. The summed E-state index contributed by atoms with van der Waals surface area (Å²) in [4.78, 5) is 0. The highest BCUT2D eigenvalue weighted by molar-refractivity contribution is 5.54. The third-order valence-corrected chi connectivity index (χ3v) is 3.99. The first-order valence-electron chi connectivity index (χ1n) is 9.23. The second kappa shape index (κ2) is 10.5. The second-order valence-electron chi connectivity index (χ2n) is 6.95. The van der Waals surface area contributed by atoms with Crippen LogP contribution in [0.15, 0.2) is 72.8 Å². The fraction of sp³-hybridized carbons (Fsp3) is 0.250. The van der Waals surface area contributed by atoms with Gasteiger partial charge in [-0.2, -0.15) is 0 Å². The quantitative estimate of drug-likeness (QED) is 0.678. The van der Waals surface area contributed by atoms with Crippen LogP contribution >= 0.6 is 0 Å². The molecule has 2 rings (SSSR count). The summed E-state index contributed by atoms with van der Waals surface area (Å²) in [5.74, 6) is 0. The van der Waals surface area contributed by atoms with Crippen molar-refractivity contribution in [3.63, 3.8) is 0 Å². The van der Waals surface area contributed by atoms with Crippen molar-refractivity contribution in [2.45, 2.75) is 38.8 Å². The van der Waals surface area contributed by atoms with E-state index in [0.29, 0.717) is 0 Å². The van der Waals surface area contributed by atoms with Crippen LogP contribution in [0.25, 0.3) is 12.2 Å². The lowest BCUT2D eigenvalue weighted by Crippen LogP contribution is -2.17. The molecule has 0 aromatic heterocycles. The Morgan fingerprint density at radius 2 is 0.962 bits per heavy atom. The van der Waals surface area contributed by atoms with Crippen LogP contribution in [0.4, 0.5) is 0 Å². The molecule has 0 heterocycles. The van der Waals surface area contributed by atoms with E-state index in [1.54, 1.807) is 0 Å². The van der Waals surface area contributed by atoms with Crippen molar-refractivity contribution in [2.24, 2.45) is 11.5 Å². The molecule has 0 radical (unpaired) electrons. The van der Waals surface area contributed by atoms with E-state index in [9.17, 15) is 0 Å². The molecule has 0 aliphatic carbocycles. The van der Waals surface area contributed by atoms with Crippen LogP contribution in [0.2, 0.25) is 0 Å². The van der Waals surface area contributed by atoms with Gasteiger partial charge in [-0.05, 0) is 48.9 Å². The Kier molecular flexibility index (Phi) is 8.07. The van der Waals surface area contributed by atoms with Gasteiger partial charge in [-0.3, -0.25) is 0 Å². The maximum Gasteiger partial charge on any atom is 0.00509 e. The van der Waals surface area contributed by atoms with Gasteiger partial charge in [0.15, 0.2) is 0 Å². The van der Waals surface area contributed by atoms with Gasteiger partial charge in [0, 0.05) is 12.1 Å². The third kappa shape index (κ3) is 7.64. The summed E-state index contributed by atoms with van der Waals surface area (Å²) < 4.78 is 0. The van der Waals surface area contributed by atoms with Crippen LogP contribution < -0.4 is 11.5 Å². The maximum absolute atomic E-state index is 5.82. The Bertz CT molecular complexity index is 667. The number of rotatable bonds is 8. The summed E-state index contributed by atoms with van der Waals surface area (Å²) in [6.45, 7) is 4.06. The van der Waals surface area contributed by atoms with E-state index < -0.39 is 0 Å². The molecule has 2 heteroatoms. The van der Waals surface area contributed by atoms with Gasteiger partial charge < -0.3 is 11.5 Å². The van der Waals surface area contributed by atoms with E-state index >= 15 is 0 Å². The molecule has 2 nitrogen and oxygen atoms in total. The summed E-state index contributed by atoms with van der Waals surface area (Å²) in [6.07, 6.45) is 14.2. The Hall–Kier alpha value is -2.42. The first-order valence-corrected chi connectivity index (χ1v) is 9.23. The Morgan fingerprint density at radius 1 is 0.615 bits per heavy atom. The monoisotopic (exact) mass is 346 g/mol. The van der Waals surface area contributed by atoms with Crippen molar-refractivity contribution in [1.82, 2.24) is 0 Å². The van der Waals surface area contributed by atoms with E-state index in [4.69, 9.17) is 11.5 Å². The Morgan fingerprint density at radius 3 is 1.27 bits per heavy atom. The predicted octanol–water partition coefficient (Wildman–Crippen LogP) is 4.75. The van der Waals surface area contributed by atoms with Crippen molar-refractivity contribution in [3.05, 3.63) is 95.1 Å². The normalized spacial score (nSPS) is 14.5. The fourth-order valence-electron chi connectivity index (χ4n) is 2.73. The van der Waals surface area contributed by atoms with E-state index in [1.807, 2.05) is 26.0 Å². The minimum Gasteiger partial charge on any atom is -0.328 e. The molecule has 136 valence electrons. The zero-order chi connectivity index (χ0) is 18.8. The molecule has 0 saturated heterocycles. The van der Waals surface area contributed by atoms with Crippen molar-refractivity contribution >= 4 is 12.2 Å². The lowest BCUT2D eigenvalue weighted by Gasteiger charge is -2.04. The number of benzene rings is 2. The van der Waals surface area contributed by atoms with E-state index in [0.717, 1.165) is 12.8 Å². The second-order valence-corrected chi connectivity index (χ2v) is 6.95. The molecule has 0 amide bonds. The van der Waals surface area contributed by atoms with Gasteiger partial charge in [0.25, 0.3) is 0 Å². The molecule has 4 N–H and O–H groups in total. The zero-order valence-corrected chi connectivity index (χ0v) is 15.8. The highest BCUT2D eigenvalue weighted by atomic mass is 14.6. The topological polar surface area (TPSA) is 52.0 Å². The lowest BCUT2D eigenvalue weighted by molar-refractivity contribution is 0.738. The summed E-state index contributed by atoms with van der Waals surface area (Å²) >= 11 is 0. The maximum atomic E-state index is 5.82. The molecule has 0 bridgehead atoms. The van der Waals surface area contributed by atoms with Gasteiger partial charge in [-0.1, -0.05) is 85.0 Å². The standard InChI is InChI=1S/C24H30N2/c1-19(25)17-23-13-9-21(10-14-23)7-5-3-4-6-8-22-11-15-24(16-12-22)18-20(2)26/h3-16,19-20H,17-18,25-26H2,1-2H3/b4-3+,7-5+,8-6+.